The number of benzene rings is 1. The molecule has 0 saturated heterocycles. The molecule has 14 heteroatoms. The van der Waals surface area contributed by atoms with E-state index in [-0.39, 0.29) is 33.4 Å². The van der Waals surface area contributed by atoms with E-state index >= 15 is 0 Å². The number of allylic oxidation sites excluding steroid dienone is 1. The van der Waals surface area contributed by atoms with Crippen LogP contribution >= 0.6 is 22.9 Å². The van der Waals surface area contributed by atoms with E-state index in [2.05, 4.69) is 20.0 Å². The van der Waals surface area contributed by atoms with E-state index < -0.39 is 43.0 Å². The number of nitrogens with zero attached hydrogens (tertiary/aromatic N) is 2. The number of aliphatic imine (C=N–C) groups is 1. The predicted octanol–water partition coefficient (Wildman–Crippen LogP) is 2.91. The van der Waals surface area contributed by atoms with Crippen molar-refractivity contribution < 1.29 is 32.9 Å². The Kier molecular flexibility index (Phi) is 8.84. The molecule has 0 spiro atoms. The summed E-state index contributed by atoms with van der Waals surface area (Å²) in [5.74, 6) is -1.58. The first-order valence-electron chi connectivity index (χ1n) is 10.2. The van der Waals surface area contributed by atoms with Crippen LogP contribution < -0.4 is 10.6 Å². The third-order valence-corrected chi connectivity index (χ3v) is 6.18. The Morgan fingerprint density at radius 1 is 1.47 bits per heavy atom. The van der Waals surface area contributed by atoms with Crippen molar-refractivity contribution in [3.8, 4) is 0 Å². The van der Waals surface area contributed by atoms with Crippen LogP contribution in [0.4, 0.5) is 13.2 Å². The van der Waals surface area contributed by atoms with Crippen LogP contribution in [0.3, 0.4) is 0 Å². The fraction of sp³-hybridized carbons (Fsp3) is 0.273. The van der Waals surface area contributed by atoms with E-state index in [0.29, 0.717) is 5.01 Å². The van der Waals surface area contributed by atoms with Crippen molar-refractivity contribution in [2.24, 2.45) is 4.99 Å². The molecule has 2 aromatic rings. The highest BCUT2D eigenvalue weighted by molar-refractivity contribution is 7.11. The zero-order valence-corrected chi connectivity index (χ0v) is 20.2. The number of hydrogen-bond donors (Lipinski definition) is 5. The summed E-state index contributed by atoms with van der Waals surface area (Å²) in [4.78, 5) is 21.0. The standard InChI is InChI=1S/C22H21ClF3N5O4S/c1-35-20(33)22(34,10-32)9-15-16(14(27)4-5-29-21(25)26)17(12-3-2-11(24)8-13(12)23)31-18(30-15)19-28-6-7-36-19/h2-8,17,21,27,29,32,34H,9-10H2,1H3,(H,30,31)/b5-4-,27-14?/t17-,22?/m0/s1. The van der Waals surface area contributed by atoms with Gasteiger partial charge in [0.15, 0.2) is 16.4 Å². The summed E-state index contributed by atoms with van der Waals surface area (Å²) < 4.78 is 43.6. The molecule has 192 valence electrons. The maximum atomic E-state index is 13.8. The largest absolute Gasteiger partial charge is 0.467 e. The van der Waals surface area contributed by atoms with Gasteiger partial charge in [-0.15, -0.1) is 11.3 Å². The molecule has 0 aliphatic carbocycles. The summed E-state index contributed by atoms with van der Waals surface area (Å²) in [5, 5.41) is 35.9. The summed E-state index contributed by atoms with van der Waals surface area (Å²) in [7, 11) is 1.02. The van der Waals surface area contributed by atoms with Crippen molar-refractivity contribution >= 4 is 40.5 Å². The van der Waals surface area contributed by atoms with Gasteiger partial charge in [-0.1, -0.05) is 17.7 Å². The number of thiazole rings is 1. The van der Waals surface area contributed by atoms with Gasteiger partial charge in [0, 0.05) is 46.1 Å². The number of alkyl halides is 2. The van der Waals surface area contributed by atoms with Gasteiger partial charge < -0.3 is 31.0 Å². The van der Waals surface area contributed by atoms with E-state index in [1.165, 1.54) is 23.6 Å². The minimum Gasteiger partial charge on any atom is -0.467 e. The third-order valence-electron chi connectivity index (χ3n) is 5.08. The number of esters is 1. The molecular formula is C22H21ClF3N5O4S. The van der Waals surface area contributed by atoms with Crippen molar-refractivity contribution in [3.63, 3.8) is 0 Å². The number of halogens is 4. The molecule has 9 nitrogen and oxygen atoms in total. The number of amidine groups is 1. The van der Waals surface area contributed by atoms with E-state index in [1.807, 2.05) is 0 Å². The predicted molar refractivity (Wildman–Crippen MR) is 128 cm³/mol. The van der Waals surface area contributed by atoms with E-state index in [9.17, 15) is 28.2 Å². The van der Waals surface area contributed by atoms with Crippen LogP contribution in [0.1, 0.15) is 23.0 Å². The molecule has 1 aromatic carbocycles. The average molecular weight is 544 g/mol. The SMILES string of the molecule is COC(=O)C(O)(CO)CC1=C(C(=N)/C=C\NC(F)F)[C@H](c2ccc(F)cc2Cl)N=C(c2nccs2)N1. The lowest BCUT2D eigenvalue weighted by atomic mass is 9.87. The zero-order valence-electron chi connectivity index (χ0n) is 18.6. The Morgan fingerprint density at radius 3 is 2.81 bits per heavy atom. The molecule has 5 N–H and O–H groups in total. The molecule has 0 fully saturated rings. The quantitative estimate of drug-likeness (QED) is 0.176. The zero-order chi connectivity index (χ0) is 26.5. The number of methoxy groups -OCH3 is 1. The van der Waals surface area contributed by atoms with E-state index in [4.69, 9.17) is 17.0 Å². The van der Waals surface area contributed by atoms with Gasteiger partial charge in [0.1, 0.15) is 11.9 Å². The summed E-state index contributed by atoms with van der Waals surface area (Å²) in [6, 6.07) is 2.43. The highest BCUT2D eigenvalue weighted by Crippen LogP contribution is 2.38. The number of aromatic nitrogens is 1. The van der Waals surface area contributed by atoms with Crippen LogP contribution in [-0.4, -0.2) is 58.6 Å². The monoisotopic (exact) mass is 543 g/mol. The van der Waals surface area contributed by atoms with Crippen LogP contribution in [-0.2, 0) is 9.53 Å². The summed E-state index contributed by atoms with van der Waals surface area (Å²) in [6.45, 7) is -3.91. The van der Waals surface area contributed by atoms with Crippen molar-refractivity contribution in [2.45, 2.75) is 24.6 Å². The van der Waals surface area contributed by atoms with Crippen molar-refractivity contribution in [2.75, 3.05) is 13.7 Å². The van der Waals surface area contributed by atoms with Gasteiger partial charge in [0.05, 0.1) is 19.4 Å². The third kappa shape index (κ3) is 6.10. The first kappa shape index (κ1) is 27.3. The molecule has 1 aliphatic rings. The smallest absolute Gasteiger partial charge is 0.340 e. The number of rotatable bonds is 10. The highest BCUT2D eigenvalue weighted by atomic mass is 35.5. The number of aliphatic hydroxyl groups excluding tert-OH is 1. The van der Waals surface area contributed by atoms with Crippen molar-refractivity contribution in [3.05, 3.63) is 74.7 Å². The van der Waals surface area contributed by atoms with E-state index in [0.717, 1.165) is 31.5 Å². The molecule has 36 heavy (non-hydrogen) atoms. The second-order valence-electron chi connectivity index (χ2n) is 7.47. The van der Waals surface area contributed by atoms with Crippen LogP contribution in [0.2, 0.25) is 5.02 Å². The van der Waals surface area contributed by atoms with Gasteiger partial charge in [-0.25, -0.2) is 14.2 Å². The number of carbonyl (C=O) groups is 1. The number of aliphatic hydroxyl groups is 2. The Balaban J connectivity index is 2.22. The molecule has 2 atom stereocenters. The lowest BCUT2D eigenvalue weighted by Crippen LogP contribution is -2.46. The Morgan fingerprint density at radius 2 is 2.22 bits per heavy atom. The minimum absolute atomic E-state index is 0.0203. The van der Waals surface area contributed by atoms with Crippen LogP contribution in [0, 0.1) is 11.2 Å². The highest BCUT2D eigenvalue weighted by Gasteiger charge is 2.41. The maximum absolute atomic E-state index is 13.8. The number of ether oxygens (including phenoxy) is 1. The number of nitrogens with one attached hydrogen (secondary N) is 3. The molecule has 0 bridgehead atoms. The molecule has 1 aromatic heterocycles. The molecule has 1 aliphatic heterocycles. The molecule has 3 rings (SSSR count). The fourth-order valence-corrected chi connectivity index (χ4v) is 4.28. The van der Waals surface area contributed by atoms with Crippen LogP contribution in [0.5, 0.6) is 0 Å². The van der Waals surface area contributed by atoms with E-state index in [1.54, 1.807) is 10.7 Å². The average Bonchev–Trinajstić information content (AvgIpc) is 3.37. The Labute approximate surface area is 212 Å². The summed E-state index contributed by atoms with van der Waals surface area (Å²) >= 11 is 7.52. The molecule has 1 unspecified atom stereocenters. The lowest BCUT2D eigenvalue weighted by Gasteiger charge is -2.32. The molecule has 0 radical (unpaired) electrons. The molecule has 0 saturated carbocycles. The van der Waals surface area contributed by atoms with Gasteiger partial charge in [-0.3, -0.25) is 4.99 Å². The Bertz CT molecular complexity index is 1220. The fourth-order valence-electron chi connectivity index (χ4n) is 3.42. The van der Waals surface area contributed by atoms with Gasteiger partial charge in [-0.05, 0) is 18.2 Å². The molecular weight excluding hydrogens is 523 g/mol. The normalized spacial score (nSPS) is 17.6. The van der Waals surface area contributed by atoms with Gasteiger partial charge in [0.25, 0.3) is 0 Å². The van der Waals surface area contributed by atoms with Crippen LogP contribution in [0.15, 0.2) is 58.3 Å². The number of carbonyl (C=O) groups excluding carboxylic acids is 1. The summed E-state index contributed by atoms with van der Waals surface area (Å²) in [6.07, 6.45) is 2.80. The number of hydrogen-bond acceptors (Lipinski definition) is 10. The first-order chi connectivity index (χ1) is 17.1. The van der Waals surface area contributed by atoms with Gasteiger partial charge >= 0.3 is 12.5 Å². The van der Waals surface area contributed by atoms with Crippen molar-refractivity contribution in [1.29, 1.82) is 5.41 Å². The first-order valence-corrected chi connectivity index (χ1v) is 11.5. The van der Waals surface area contributed by atoms with Gasteiger partial charge in [0.2, 0.25) is 0 Å². The topological polar surface area (TPSA) is 140 Å². The van der Waals surface area contributed by atoms with Gasteiger partial charge in [-0.2, -0.15) is 8.78 Å². The lowest BCUT2D eigenvalue weighted by molar-refractivity contribution is -0.166. The maximum Gasteiger partial charge on any atom is 0.340 e. The molecule has 0 amide bonds. The minimum atomic E-state index is -2.89. The van der Waals surface area contributed by atoms with Crippen molar-refractivity contribution in [1.82, 2.24) is 15.6 Å². The molecule has 2 heterocycles. The second-order valence-corrected chi connectivity index (χ2v) is 8.77. The summed E-state index contributed by atoms with van der Waals surface area (Å²) in [5.41, 5.74) is -2.45. The Hall–Kier alpha value is -3.26. The second kappa shape index (κ2) is 11.6. The van der Waals surface area contributed by atoms with Crippen LogP contribution in [0.25, 0.3) is 0 Å².